The predicted octanol–water partition coefficient (Wildman–Crippen LogP) is 2.61. The molecule has 0 spiro atoms. The number of nitrogens with one attached hydrogen (secondary N) is 1. The first kappa shape index (κ1) is 14.9. The fraction of sp³-hybridized carbons (Fsp3) is 0.562. The van der Waals surface area contributed by atoms with E-state index in [4.69, 9.17) is 4.74 Å². The van der Waals surface area contributed by atoms with Gasteiger partial charge in [0.15, 0.2) is 6.10 Å². The molecule has 2 rings (SSSR count). The highest BCUT2D eigenvalue weighted by molar-refractivity contribution is 5.74. The molecule has 0 bridgehead atoms. The second kappa shape index (κ2) is 6.75. The van der Waals surface area contributed by atoms with Crippen LogP contribution in [0.2, 0.25) is 0 Å². The molecule has 1 aliphatic carbocycles. The number of rotatable bonds is 5. The Labute approximate surface area is 120 Å². The van der Waals surface area contributed by atoms with Gasteiger partial charge in [0, 0.05) is 6.04 Å². The van der Waals surface area contributed by atoms with Gasteiger partial charge in [-0.3, -0.25) is 0 Å². The summed E-state index contributed by atoms with van der Waals surface area (Å²) in [5, 5.41) is 3.51. The maximum absolute atomic E-state index is 11.4. The Balaban J connectivity index is 2.17. The van der Waals surface area contributed by atoms with E-state index in [0.29, 0.717) is 6.04 Å². The summed E-state index contributed by atoms with van der Waals surface area (Å²) in [6.07, 6.45) is 2.89. The van der Waals surface area contributed by atoms with Crippen LogP contribution in [0.1, 0.15) is 43.9 Å². The molecule has 20 heavy (non-hydrogen) atoms. The van der Waals surface area contributed by atoms with Crippen LogP contribution in [0.4, 0.5) is 0 Å². The summed E-state index contributed by atoms with van der Waals surface area (Å²) in [6, 6.07) is 6.49. The summed E-state index contributed by atoms with van der Waals surface area (Å²) in [7, 11) is 1.37. The fourth-order valence-electron chi connectivity index (χ4n) is 2.73. The first-order chi connectivity index (χ1) is 9.65. The van der Waals surface area contributed by atoms with Gasteiger partial charge in [0.05, 0.1) is 7.11 Å². The lowest BCUT2D eigenvalue weighted by molar-refractivity contribution is -0.147. The van der Waals surface area contributed by atoms with Crippen molar-refractivity contribution in [3.05, 3.63) is 29.3 Å². The molecule has 0 saturated heterocycles. The van der Waals surface area contributed by atoms with Crippen LogP contribution in [0.3, 0.4) is 0 Å². The van der Waals surface area contributed by atoms with Crippen LogP contribution in [0.25, 0.3) is 0 Å². The van der Waals surface area contributed by atoms with Gasteiger partial charge in [-0.05, 0) is 56.0 Å². The van der Waals surface area contributed by atoms with Gasteiger partial charge < -0.3 is 14.8 Å². The van der Waals surface area contributed by atoms with Crippen molar-refractivity contribution in [3.63, 3.8) is 0 Å². The molecule has 0 aromatic heterocycles. The van der Waals surface area contributed by atoms with Gasteiger partial charge in [0.2, 0.25) is 0 Å². The molecule has 1 N–H and O–H groups in total. The molecular formula is C16H23NO3. The van der Waals surface area contributed by atoms with Gasteiger partial charge in [0.25, 0.3) is 0 Å². The van der Waals surface area contributed by atoms with E-state index in [1.54, 1.807) is 6.92 Å². The Morgan fingerprint density at radius 3 is 3.00 bits per heavy atom. The quantitative estimate of drug-likeness (QED) is 0.840. The standard InChI is InChI=1S/C16H23NO3/c1-4-17-15-7-5-6-12-8-9-13(10-14(12)15)20-11(2)16(18)19-3/h8-11,15,17H,4-7H2,1-3H3. The van der Waals surface area contributed by atoms with E-state index in [0.717, 1.165) is 25.1 Å². The molecule has 0 saturated carbocycles. The molecule has 2 atom stereocenters. The van der Waals surface area contributed by atoms with Crippen LogP contribution in [0.15, 0.2) is 18.2 Å². The molecule has 0 fully saturated rings. The van der Waals surface area contributed by atoms with Gasteiger partial charge >= 0.3 is 5.97 Å². The molecule has 2 unspecified atom stereocenters. The van der Waals surface area contributed by atoms with E-state index in [2.05, 4.69) is 29.1 Å². The van der Waals surface area contributed by atoms with Crippen LogP contribution < -0.4 is 10.1 Å². The monoisotopic (exact) mass is 277 g/mol. The number of hydrogen-bond acceptors (Lipinski definition) is 4. The largest absolute Gasteiger partial charge is 0.479 e. The number of benzene rings is 1. The first-order valence-electron chi connectivity index (χ1n) is 7.26. The molecule has 0 amide bonds. The number of fused-ring (bicyclic) bond motifs is 1. The normalized spacial score (nSPS) is 19.1. The van der Waals surface area contributed by atoms with Gasteiger partial charge in [0.1, 0.15) is 5.75 Å². The van der Waals surface area contributed by atoms with Crippen molar-refractivity contribution in [2.75, 3.05) is 13.7 Å². The van der Waals surface area contributed by atoms with E-state index < -0.39 is 6.10 Å². The predicted molar refractivity (Wildman–Crippen MR) is 77.9 cm³/mol. The molecule has 1 aliphatic rings. The maximum Gasteiger partial charge on any atom is 0.346 e. The molecule has 1 aromatic carbocycles. The van der Waals surface area contributed by atoms with Crippen molar-refractivity contribution >= 4 is 5.97 Å². The van der Waals surface area contributed by atoms with Crippen LogP contribution in [0, 0.1) is 0 Å². The van der Waals surface area contributed by atoms with Crippen molar-refractivity contribution in [1.29, 1.82) is 0 Å². The number of aryl methyl sites for hydroxylation is 1. The Kier molecular flexibility index (Phi) is 5.01. The molecule has 0 radical (unpaired) electrons. The minimum atomic E-state index is -0.584. The van der Waals surface area contributed by atoms with Crippen LogP contribution in [-0.4, -0.2) is 25.7 Å². The number of carbonyl (C=O) groups is 1. The second-order valence-electron chi connectivity index (χ2n) is 5.15. The SMILES string of the molecule is CCNC1CCCc2ccc(OC(C)C(=O)OC)cc21. The van der Waals surface area contributed by atoms with Gasteiger partial charge in [-0.1, -0.05) is 13.0 Å². The average molecular weight is 277 g/mol. The highest BCUT2D eigenvalue weighted by atomic mass is 16.6. The summed E-state index contributed by atoms with van der Waals surface area (Å²) in [4.78, 5) is 11.4. The molecule has 4 nitrogen and oxygen atoms in total. The third kappa shape index (κ3) is 3.31. The minimum absolute atomic E-state index is 0.356. The summed E-state index contributed by atoms with van der Waals surface area (Å²) in [5.74, 6) is 0.373. The second-order valence-corrected chi connectivity index (χ2v) is 5.15. The van der Waals surface area contributed by atoms with Crippen molar-refractivity contribution in [2.45, 2.75) is 45.3 Å². The zero-order chi connectivity index (χ0) is 14.5. The smallest absolute Gasteiger partial charge is 0.346 e. The summed E-state index contributed by atoms with van der Waals surface area (Å²) in [5.41, 5.74) is 2.67. The van der Waals surface area contributed by atoms with Crippen molar-refractivity contribution < 1.29 is 14.3 Å². The molecule has 0 heterocycles. The van der Waals surface area contributed by atoms with Gasteiger partial charge in [-0.25, -0.2) is 4.79 Å². The lowest BCUT2D eigenvalue weighted by Crippen LogP contribution is -2.26. The van der Waals surface area contributed by atoms with E-state index >= 15 is 0 Å². The van der Waals surface area contributed by atoms with E-state index in [-0.39, 0.29) is 5.97 Å². The highest BCUT2D eigenvalue weighted by Gasteiger charge is 2.21. The van der Waals surface area contributed by atoms with Gasteiger partial charge in [-0.15, -0.1) is 0 Å². The fourth-order valence-corrected chi connectivity index (χ4v) is 2.73. The Bertz CT molecular complexity index is 473. The number of carbonyl (C=O) groups excluding carboxylic acids is 1. The number of esters is 1. The third-order valence-electron chi connectivity index (χ3n) is 3.73. The van der Waals surface area contributed by atoms with E-state index in [1.807, 2.05) is 6.07 Å². The molecule has 4 heteroatoms. The molecule has 0 aliphatic heterocycles. The molecule has 110 valence electrons. The Morgan fingerprint density at radius 1 is 1.50 bits per heavy atom. The topological polar surface area (TPSA) is 47.6 Å². The van der Waals surface area contributed by atoms with Crippen molar-refractivity contribution in [3.8, 4) is 5.75 Å². The summed E-state index contributed by atoms with van der Waals surface area (Å²) >= 11 is 0. The van der Waals surface area contributed by atoms with E-state index in [1.165, 1.54) is 24.7 Å². The lowest BCUT2D eigenvalue weighted by Gasteiger charge is -2.27. The number of methoxy groups -OCH3 is 1. The molecule has 1 aromatic rings. The summed E-state index contributed by atoms with van der Waals surface area (Å²) in [6.45, 7) is 4.77. The zero-order valence-corrected chi connectivity index (χ0v) is 12.4. The van der Waals surface area contributed by atoms with Crippen molar-refractivity contribution in [1.82, 2.24) is 5.32 Å². The number of hydrogen-bond donors (Lipinski definition) is 1. The molecular weight excluding hydrogens is 254 g/mol. The van der Waals surface area contributed by atoms with Crippen LogP contribution >= 0.6 is 0 Å². The maximum atomic E-state index is 11.4. The minimum Gasteiger partial charge on any atom is -0.479 e. The van der Waals surface area contributed by atoms with Crippen molar-refractivity contribution in [2.24, 2.45) is 0 Å². The zero-order valence-electron chi connectivity index (χ0n) is 12.4. The highest BCUT2D eigenvalue weighted by Crippen LogP contribution is 2.32. The first-order valence-corrected chi connectivity index (χ1v) is 7.26. The van der Waals surface area contributed by atoms with Gasteiger partial charge in [-0.2, -0.15) is 0 Å². The number of ether oxygens (including phenoxy) is 2. The Hall–Kier alpha value is -1.55. The average Bonchev–Trinajstić information content (AvgIpc) is 2.47. The lowest BCUT2D eigenvalue weighted by atomic mass is 9.87. The third-order valence-corrected chi connectivity index (χ3v) is 3.73. The van der Waals surface area contributed by atoms with E-state index in [9.17, 15) is 4.79 Å². The summed E-state index contributed by atoms with van der Waals surface area (Å²) < 4.78 is 10.3. The van der Waals surface area contributed by atoms with Crippen LogP contribution in [0.5, 0.6) is 5.75 Å². The Morgan fingerprint density at radius 2 is 2.30 bits per heavy atom. The van der Waals surface area contributed by atoms with Crippen LogP contribution in [-0.2, 0) is 16.0 Å².